The maximum absolute atomic E-state index is 13.9. The maximum Gasteiger partial charge on any atom is 0.257 e. The number of benzene rings is 1. The molecule has 3 aromatic heterocycles. The van der Waals surface area contributed by atoms with E-state index in [1.807, 2.05) is 25.1 Å². The summed E-state index contributed by atoms with van der Waals surface area (Å²) in [6.45, 7) is 1.88. The van der Waals surface area contributed by atoms with Gasteiger partial charge in [-0.05, 0) is 43.3 Å². The highest BCUT2D eigenvalue weighted by Crippen LogP contribution is 2.32. The van der Waals surface area contributed by atoms with Crippen LogP contribution in [0, 0.1) is 5.82 Å². The van der Waals surface area contributed by atoms with Crippen LogP contribution in [0.5, 0.6) is 11.5 Å². The first kappa shape index (κ1) is 21.3. The summed E-state index contributed by atoms with van der Waals surface area (Å²) in [5.41, 5.74) is 1.38. The smallest absolute Gasteiger partial charge is 0.257 e. The Balaban J connectivity index is 1.48. The number of nitrogens with one attached hydrogen (secondary N) is 1. The molecule has 0 saturated heterocycles. The van der Waals surface area contributed by atoms with E-state index in [1.54, 1.807) is 24.4 Å². The zero-order chi connectivity index (χ0) is 22.5. The van der Waals surface area contributed by atoms with Crippen LogP contribution in [-0.2, 0) is 0 Å². The molecule has 1 atom stereocenters. The summed E-state index contributed by atoms with van der Waals surface area (Å²) < 4.78 is 25.3. The van der Waals surface area contributed by atoms with E-state index in [-0.39, 0.29) is 16.8 Å². The minimum absolute atomic E-state index is 0.240. The van der Waals surface area contributed by atoms with Crippen molar-refractivity contribution in [2.45, 2.75) is 13.0 Å². The topological polar surface area (TPSA) is 99.1 Å². The summed E-state index contributed by atoms with van der Waals surface area (Å²) in [6.07, 6.45) is 3.95. The molecule has 0 aliphatic heterocycles. The SMILES string of the molecule is COc1cc(C(=O)Nc2nnc(-c3ccncc3F)s2)ccc1OC(C)c1ccccn1. The van der Waals surface area contributed by atoms with Crippen LogP contribution in [0.1, 0.15) is 29.1 Å². The lowest BCUT2D eigenvalue weighted by atomic mass is 10.2. The fourth-order valence-electron chi connectivity index (χ4n) is 2.87. The Morgan fingerprint density at radius 1 is 1.12 bits per heavy atom. The monoisotopic (exact) mass is 451 g/mol. The molecule has 0 fully saturated rings. The number of amides is 1. The van der Waals surface area contributed by atoms with Gasteiger partial charge >= 0.3 is 0 Å². The normalized spacial score (nSPS) is 11.6. The maximum atomic E-state index is 13.9. The molecule has 0 spiro atoms. The number of hydrogen-bond acceptors (Lipinski definition) is 8. The molecule has 4 rings (SSSR count). The molecule has 8 nitrogen and oxygen atoms in total. The highest BCUT2D eigenvalue weighted by Gasteiger charge is 2.17. The second-order valence-electron chi connectivity index (χ2n) is 6.60. The fraction of sp³-hybridized carbons (Fsp3) is 0.136. The number of pyridine rings is 2. The van der Waals surface area contributed by atoms with Crippen molar-refractivity contribution in [3.8, 4) is 22.1 Å². The van der Waals surface area contributed by atoms with Crippen molar-refractivity contribution in [1.29, 1.82) is 0 Å². The molecule has 0 bridgehead atoms. The van der Waals surface area contributed by atoms with E-state index >= 15 is 0 Å². The number of halogens is 1. The van der Waals surface area contributed by atoms with Gasteiger partial charge in [0.25, 0.3) is 5.91 Å². The van der Waals surface area contributed by atoms with Gasteiger partial charge in [-0.1, -0.05) is 17.4 Å². The van der Waals surface area contributed by atoms with E-state index in [1.165, 1.54) is 19.4 Å². The first-order valence-corrected chi connectivity index (χ1v) is 10.4. The van der Waals surface area contributed by atoms with Crippen molar-refractivity contribution in [2.75, 3.05) is 12.4 Å². The van der Waals surface area contributed by atoms with Gasteiger partial charge in [0.1, 0.15) is 6.10 Å². The lowest BCUT2D eigenvalue weighted by molar-refractivity contribution is 0.102. The Kier molecular flexibility index (Phi) is 6.31. The van der Waals surface area contributed by atoms with E-state index in [0.29, 0.717) is 22.1 Å². The molecular weight excluding hydrogens is 433 g/mol. The van der Waals surface area contributed by atoms with Gasteiger partial charge in [-0.15, -0.1) is 10.2 Å². The van der Waals surface area contributed by atoms with Gasteiger partial charge < -0.3 is 9.47 Å². The Hall–Kier alpha value is -3.92. The van der Waals surface area contributed by atoms with Gasteiger partial charge in [-0.2, -0.15) is 0 Å². The van der Waals surface area contributed by atoms with Crippen LogP contribution in [0.2, 0.25) is 0 Å². The van der Waals surface area contributed by atoms with E-state index in [0.717, 1.165) is 23.2 Å². The number of carbonyl (C=O) groups excluding carboxylic acids is 1. The standard InChI is InChI=1S/C22H18FN5O3S/c1-13(17-5-3-4-9-25-17)31-18-7-6-14(11-19(18)30-2)20(29)26-22-28-27-21(32-22)15-8-10-24-12-16(15)23/h3-13H,1-2H3,(H,26,28,29). The molecule has 1 unspecified atom stereocenters. The molecule has 1 amide bonds. The van der Waals surface area contributed by atoms with Crippen molar-refractivity contribution in [1.82, 2.24) is 20.2 Å². The van der Waals surface area contributed by atoms with Gasteiger partial charge in [0.2, 0.25) is 5.13 Å². The summed E-state index contributed by atoms with van der Waals surface area (Å²) in [4.78, 5) is 20.7. The van der Waals surface area contributed by atoms with Crippen molar-refractivity contribution in [2.24, 2.45) is 0 Å². The molecule has 0 saturated carbocycles. The number of carbonyl (C=O) groups is 1. The third kappa shape index (κ3) is 4.70. The minimum Gasteiger partial charge on any atom is -0.493 e. The molecule has 10 heteroatoms. The predicted octanol–water partition coefficient (Wildman–Crippen LogP) is 4.54. The van der Waals surface area contributed by atoms with E-state index in [4.69, 9.17) is 9.47 Å². The van der Waals surface area contributed by atoms with Crippen LogP contribution >= 0.6 is 11.3 Å². The molecular formula is C22H18FN5O3S. The highest BCUT2D eigenvalue weighted by atomic mass is 32.1. The largest absolute Gasteiger partial charge is 0.493 e. The van der Waals surface area contributed by atoms with Crippen LogP contribution in [0.15, 0.2) is 61.1 Å². The fourth-order valence-corrected chi connectivity index (χ4v) is 3.64. The average Bonchev–Trinajstić information content (AvgIpc) is 3.28. The third-order valence-electron chi connectivity index (χ3n) is 4.48. The second-order valence-corrected chi connectivity index (χ2v) is 7.58. The second kappa shape index (κ2) is 9.48. The predicted molar refractivity (Wildman–Crippen MR) is 117 cm³/mol. The van der Waals surface area contributed by atoms with E-state index in [9.17, 15) is 9.18 Å². The van der Waals surface area contributed by atoms with Crippen molar-refractivity contribution < 1.29 is 18.7 Å². The summed E-state index contributed by atoms with van der Waals surface area (Å²) in [6, 6.07) is 11.9. The minimum atomic E-state index is -0.512. The molecule has 1 aromatic carbocycles. The van der Waals surface area contributed by atoms with Crippen molar-refractivity contribution in [3.63, 3.8) is 0 Å². The van der Waals surface area contributed by atoms with Gasteiger partial charge in [0, 0.05) is 18.0 Å². The molecule has 32 heavy (non-hydrogen) atoms. The highest BCUT2D eigenvalue weighted by molar-refractivity contribution is 7.18. The zero-order valence-corrected chi connectivity index (χ0v) is 18.0. The Labute approximate surface area is 187 Å². The lowest BCUT2D eigenvalue weighted by Crippen LogP contribution is -2.12. The quantitative estimate of drug-likeness (QED) is 0.440. The zero-order valence-electron chi connectivity index (χ0n) is 17.2. The van der Waals surface area contributed by atoms with Crippen LogP contribution in [0.4, 0.5) is 9.52 Å². The van der Waals surface area contributed by atoms with Crippen LogP contribution in [0.3, 0.4) is 0 Å². The Morgan fingerprint density at radius 2 is 2.00 bits per heavy atom. The molecule has 1 N–H and O–H groups in total. The van der Waals surface area contributed by atoms with Gasteiger partial charge in [-0.3, -0.25) is 20.1 Å². The number of aromatic nitrogens is 4. The van der Waals surface area contributed by atoms with Gasteiger partial charge in [-0.25, -0.2) is 4.39 Å². The molecule has 4 aromatic rings. The van der Waals surface area contributed by atoms with E-state index in [2.05, 4.69) is 25.5 Å². The molecule has 3 heterocycles. The van der Waals surface area contributed by atoms with Gasteiger partial charge in [0.05, 0.1) is 24.6 Å². The van der Waals surface area contributed by atoms with Crippen molar-refractivity contribution >= 4 is 22.4 Å². The molecule has 0 aliphatic carbocycles. The summed E-state index contributed by atoms with van der Waals surface area (Å²) in [7, 11) is 1.50. The van der Waals surface area contributed by atoms with Crippen LogP contribution in [-0.4, -0.2) is 33.2 Å². The number of nitrogens with zero attached hydrogens (tertiary/aromatic N) is 4. The first-order chi connectivity index (χ1) is 15.5. The number of hydrogen-bond donors (Lipinski definition) is 1. The first-order valence-electron chi connectivity index (χ1n) is 9.55. The van der Waals surface area contributed by atoms with Crippen LogP contribution in [0.25, 0.3) is 10.6 Å². The summed E-state index contributed by atoms with van der Waals surface area (Å²) in [5, 5.41) is 11.1. The molecule has 0 radical (unpaired) electrons. The molecule has 0 aliphatic rings. The van der Waals surface area contributed by atoms with Crippen molar-refractivity contribution in [3.05, 3.63) is 78.1 Å². The van der Waals surface area contributed by atoms with Gasteiger partial charge in [0.15, 0.2) is 22.3 Å². The number of anilines is 1. The number of ether oxygens (including phenoxy) is 2. The summed E-state index contributed by atoms with van der Waals surface area (Å²) in [5.74, 6) is -0.0434. The number of rotatable bonds is 7. The lowest BCUT2D eigenvalue weighted by Gasteiger charge is -2.17. The van der Waals surface area contributed by atoms with Crippen LogP contribution < -0.4 is 14.8 Å². The third-order valence-corrected chi connectivity index (χ3v) is 5.35. The Bertz CT molecular complexity index is 1240. The van der Waals surface area contributed by atoms with E-state index < -0.39 is 11.7 Å². The molecule has 162 valence electrons. The average molecular weight is 451 g/mol. The number of methoxy groups -OCH3 is 1. The Morgan fingerprint density at radius 3 is 2.75 bits per heavy atom. The summed E-state index contributed by atoms with van der Waals surface area (Å²) >= 11 is 1.06.